The lowest BCUT2D eigenvalue weighted by Gasteiger charge is -2.39. The highest BCUT2D eigenvalue weighted by Crippen LogP contribution is 2.32. The summed E-state index contributed by atoms with van der Waals surface area (Å²) in [5, 5.41) is 36.8. The molecule has 1 aliphatic carbocycles. The maximum atomic E-state index is 10.6. The SMILES string of the molecule is C[C@@]1(O)C[C@@H](C(=O)O)C[C@@H](O)[C@@H]1O. The number of hydrogen-bond acceptors (Lipinski definition) is 4. The number of carbonyl (C=O) groups is 1. The first-order valence-electron chi connectivity index (χ1n) is 4.16. The third kappa shape index (κ3) is 1.99. The zero-order valence-corrected chi connectivity index (χ0v) is 7.34. The molecule has 1 fully saturated rings. The summed E-state index contributed by atoms with van der Waals surface area (Å²) in [6, 6.07) is 0. The van der Waals surface area contributed by atoms with Gasteiger partial charge in [-0.3, -0.25) is 4.79 Å². The maximum absolute atomic E-state index is 10.6. The predicted octanol–water partition coefficient (Wildman–Crippen LogP) is -1.05. The van der Waals surface area contributed by atoms with Gasteiger partial charge in [0.1, 0.15) is 6.10 Å². The van der Waals surface area contributed by atoms with Crippen molar-refractivity contribution in [3.63, 3.8) is 0 Å². The van der Waals surface area contributed by atoms with E-state index in [9.17, 15) is 20.1 Å². The molecule has 0 aromatic heterocycles. The average Bonchev–Trinajstić information content (AvgIpc) is 1.99. The van der Waals surface area contributed by atoms with Crippen LogP contribution in [0.25, 0.3) is 0 Å². The predicted molar refractivity (Wildman–Crippen MR) is 43.0 cm³/mol. The van der Waals surface area contributed by atoms with E-state index in [0.29, 0.717) is 0 Å². The highest BCUT2D eigenvalue weighted by atomic mass is 16.4. The van der Waals surface area contributed by atoms with E-state index in [1.807, 2.05) is 0 Å². The molecule has 0 heterocycles. The summed E-state index contributed by atoms with van der Waals surface area (Å²) in [6.45, 7) is 1.33. The Morgan fingerprint density at radius 3 is 2.38 bits per heavy atom. The summed E-state index contributed by atoms with van der Waals surface area (Å²) in [7, 11) is 0. The van der Waals surface area contributed by atoms with Gasteiger partial charge in [0, 0.05) is 0 Å². The fourth-order valence-electron chi connectivity index (χ4n) is 1.73. The van der Waals surface area contributed by atoms with Crippen LogP contribution < -0.4 is 0 Å². The van der Waals surface area contributed by atoms with E-state index in [4.69, 9.17) is 5.11 Å². The molecule has 76 valence electrons. The highest BCUT2D eigenvalue weighted by Gasteiger charge is 2.45. The van der Waals surface area contributed by atoms with E-state index in [2.05, 4.69) is 0 Å². The summed E-state index contributed by atoms with van der Waals surface area (Å²) in [5.41, 5.74) is -1.51. The summed E-state index contributed by atoms with van der Waals surface area (Å²) in [5.74, 6) is -1.83. The van der Waals surface area contributed by atoms with Crippen molar-refractivity contribution in [2.24, 2.45) is 5.92 Å². The number of carboxylic acid groups (broad SMARTS) is 1. The van der Waals surface area contributed by atoms with Gasteiger partial charge >= 0.3 is 5.97 Å². The van der Waals surface area contributed by atoms with Crippen LogP contribution in [0.15, 0.2) is 0 Å². The number of aliphatic carboxylic acids is 1. The van der Waals surface area contributed by atoms with E-state index in [1.54, 1.807) is 0 Å². The molecule has 0 spiro atoms. The van der Waals surface area contributed by atoms with Crippen LogP contribution in [0.3, 0.4) is 0 Å². The third-order valence-corrected chi connectivity index (χ3v) is 2.54. The van der Waals surface area contributed by atoms with Gasteiger partial charge < -0.3 is 20.4 Å². The van der Waals surface area contributed by atoms with Crippen molar-refractivity contribution in [3.05, 3.63) is 0 Å². The molecule has 1 rings (SSSR count). The second-order valence-electron chi connectivity index (χ2n) is 3.84. The quantitative estimate of drug-likeness (QED) is 0.423. The average molecular weight is 190 g/mol. The molecule has 0 saturated heterocycles. The number of carboxylic acids is 1. The van der Waals surface area contributed by atoms with Gasteiger partial charge in [0.05, 0.1) is 17.6 Å². The van der Waals surface area contributed by atoms with Crippen LogP contribution in [-0.4, -0.2) is 44.2 Å². The second-order valence-corrected chi connectivity index (χ2v) is 3.84. The van der Waals surface area contributed by atoms with Crippen LogP contribution in [0.4, 0.5) is 0 Å². The monoisotopic (exact) mass is 190 g/mol. The van der Waals surface area contributed by atoms with Gasteiger partial charge in [-0.1, -0.05) is 0 Å². The van der Waals surface area contributed by atoms with Gasteiger partial charge in [-0.15, -0.1) is 0 Å². The molecule has 0 unspecified atom stereocenters. The molecule has 4 atom stereocenters. The van der Waals surface area contributed by atoms with Gasteiger partial charge in [-0.05, 0) is 19.8 Å². The Kier molecular flexibility index (Phi) is 2.61. The van der Waals surface area contributed by atoms with E-state index in [1.165, 1.54) is 6.92 Å². The van der Waals surface area contributed by atoms with E-state index in [0.717, 1.165) is 0 Å². The Bertz CT molecular complexity index is 213. The first-order valence-corrected chi connectivity index (χ1v) is 4.16. The largest absolute Gasteiger partial charge is 0.481 e. The van der Waals surface area contributed by atoms with Crippen molar-refractivity contribution in [2.75, 3.05) is 0 Å². The number of hydrogen-bond donors (Lipinski definition) is 4. The fourth-order valence-corrected chi connectivity index (χ4v) is 1.73. The lowest BCUT2D eigenvalue weighted by molar-refractivity contribution is -0.172. The molecule has 0 bridgehead atoms. The third-order valence-electron chi connectivity index (χ3n) is 2.54. The lowest BCUT2D eigenvalue weighted by atomic mass is 9.75. The zero-order valence-electron chi connectivity index (χ0n) is 7.34. The Hall–Kier alpha value is -0.650. The van der Waals surface area contributed by atoms with Gasteiger partial charge in [-0.25, -0.2) is 0 Å². The smallest absolute Gasteiger partial charge is 0.306 e. The van der Waals surface area contributed by atoms with Crippen LogP contribution in [0, 0.1) is 5.92 Å². The summed E-state index contributed by atoms with van der Waals surface area (Å²) in [6.07, 6.45) is -2.46. The number of aliphatic hydroxyl groups is 3. The highest BCUT2D eigenvalue weighted by molar-refractivity contribution is 5.70. The summed E-state index contributed by atoms with van der Waals surface area (Å²) < 4.78 is 0. The number of aliphatic hydroxyl groups excluding tert-OH is 2. The topological polar surface area (TPSA) is 98.0 Å². The van der Waals surface area contributed by atoms with E-state index < -0.39 is 29.7 Å². The van der Waals surface area contributed by atoms with Crippen LogP contribution in [0.2, 0.25) is 0 Å². The normalized spacial score (nSPS) is 46.0. The Labute approximate surface area is 75.6 Å². The van der Waals surface area contributed by atoms with Crippen LogP contribution in [0.1, 0.15) is 19.8 Å². The van der Waals surface area contributed by atoms with Gasteiger partial charge in [0.2, 0.25) is 0 Å². The van der Waals surface area contributed by atoms with Gasteiger partial charge in [0.25, 0.3) is 0 Å². The molecular weight excluding hydrogens is 176 g/mol. The van der Waals surface area contributed by atoms with Crippen molar-refractivity contribution in [3.8, 4) is 0 Å². The molecule has 5 heteroatoms. The second kappa shape index (κ2) is 3.25. The van der Waals surface area contributed by atoms with Crippen LogP contribution in [0.5, 0.6) is 0 Å². The summed E-state index contributed by atoms with van der Waals surface area (Å²) in [4.78, 5) is 10.6. The minimum atomic E-state index is -1.51. The van der Waals surface area contributed by atoms with E-state index >= 15 is 0 Å². The van der Waals surface area contributed by atoms with Crippen molar-refractivity contribution >= 4 is 5.97 Å². The Morgan fingerprint density at radius 2 is 2.00 bits per heavy atom. The molecule has 0 radical (unpaired) electrons. The Morgan fingerprint density at radius 1 is 1.46 bits per heavy atom. The van der Waals surface area contributed by atoms with Crippen molar-refractivity contribution in [2.45, 2.75) is 37.6 Å². The molecule has 5 nitrogen and oxygen atoms in total. The van der Waals surface area contributed by atoms with Crippen molar-refractivity contribution in [1.29, 1.82) is 0 Å². The maximum Gasteiger partial charge on any atom is 0.306 e. The zero-order chi connectivity index (χ0) is 10.2. The Balaban J connectivity index is 2.76. The van der Waals surface area contributed by atoms with Gasteiger partial charge in [0.15, 0.2) is 0 Å². The fraction of sp³-hybridized carbons (Fsp3) is 0.875. The van der Waals surface area contributed by atoms with Crippen LogP contribution >= 0.6 is 0 Å². The van der Waals surface area contributed by atoms with Gasteiger partial charge in [-0.2, -0.15) is 0 Å². The minimum absolute atomic E-state index is 0.00729. The molecule has 4 N–H and O–H groups in total. The summed E-state index contributed by atoms with van der Waals surface area (Å²) >= 11 is 0. The minimum Gasteiger partial charge on any atom is -0.481 e. The lowest BCUT2D eigenvalue weighted by Crippen LogP contribution is -2.53. The molecule has 0 aromatic rings. The van der Waals surface area contributed by atoms with Crippen molar-refractivity contribution in [1.82, 2.24) is 0 Å². The van der Waals surface area contributed by atoms with Crippen LogP contribution in [-0.2, 0) is 4.79 Å². The molecule has 0 amide bonds. The molecule has 13 heavy (non-hydrogen) atoms. The molecule has 1 aliphatic rings. The first kappa shape index (κ1) is 10.4. The molecule has 0 aliphatic heterocycles. The molecule has 0 aromatic carbocycles. The molecular formula is C8H14O5. The number of rotatable bonds is 1. The molecule has 1 saturated carbocycles. The standard InChI is InChI=1S/C8H14O5/c1-8(13)3-4(7(11)12)2-5(9)6(8)10/h4-6,9-10,13H,2-3H2,1H3,(H,11,12)/t4-,5+,6-,8+/m0/s1. The van der Waals surface area contributed by atoms with Crippen molar-refractivity contribution < 1.29 is 25.2 Å². The first-order chi connectivity index (χ1) is 5.84. The van der Waals surface area contributed by atoms with E-state index in [-0.39, 0.29) is 12.8 Å².